The second-order valence-corrected chi connectivity index (χ2v) is 4.64. The molecule has 1 aliphatic rings. The number of likely N-dealkylation sites (N-methyl/N-ethyl adjacent to an activating group) is 1. The Kier molecular flexibility index (Phi) is 4.34. The van der Waals surface area contributed by atoms with Gasteiger partial charge >= 0.3 is 6.09 Å². The largest absolute Gasteiger partial charge is 0.443 e. The zero-order chi connectivity index (χ0) is 14.5. The van der Waals surface area contributed by atoms with Gasteiger partial charge in [0, 0.05) is 13.5 Å². The second kappa shape index (κ2) is 6.18. The summed E-state index contributed by atoms with van der Waals surface area (Å²) >= 11 is 0. The van der Waals surface area contributed by atoms with E-state index in [1.165, 1.54) is 0 Å². The summed E-state index contributed by atoms with van der Waals surface area (Å²) in [4.78, 5) is 28.3. The summed E-state index contributed by atoms with van der Waals surface area (Å²) < 4.78 is 5.06. The van der Waals surface area contributed by atoms with Crippen molar-refractivity contribution in [2.24, 2.45) is 10.7 Å². The number of amidine groups is 1. The Morgan fingerprint density at radius 2 is 2.10 bits per heavy atom. The fourth-order valence-electron chi connectivity index (χ4n) is 2.14. The van der Waals surface area contributed by atoms with E-state index in [1.807, 2.05) is 30.3 Å². The molecule has 1 aromatic rings. The Hall–Kier alpha value is -2.37. The molecule has 20 heavy (non-hydrogen) atoms. The van der Waals surface area contributed by atoms with Crippen LogP contribution >= 0.6 is 0 Å². The molecular weight excluding hydrogens is 258 g/mol. The zero-order valence-corrected chi connectivity index (χ0v) is 11.3. The molecule has 2 rings (SSSR count). The van der Waals surface area contributed by atoms with Gasteiger partial charge in [0.1, 0.15) is 18.5 Å². The minimum absolute atomic E-state index is 0.180. The van der Waals surface area contributed by atoms with Gasteiger partial charge in [0.25, 0.3) is 0 Å². The van der Waals surface area contributed by atoms with Crippen molar-refractivity contribution in [2.75, 3.05) is 7.05 Å². The Morgan fingerprint density at radius 3 is 2.70 bits per heavy atom. The van der Waals surface area contributed by atoms with Crippen LogP contribution in [0, 0.1) is 0 Å². The van der Waals surface area contributed by atoms with Crippen LogP contribution in [0.4, 0.5) is 4.79 Å². The minimum Gasteiger partial charge on any atom is -0.443 e. The number of amides is 2. The lowest BCUT2D eigenvalue weighted by atomic mass is 10.2. The van der Waals surface area contributed by atoms with E-state index >= 15 is 0 Å². The van der Waals surface area contributed by atoms with Crippen LogP contribution in [0.3, 0.4) is 0 Å². The lowest BCUT2D eigenvalue weighted by molar-refractivity contribution is -0.121. The van der Waals surface area contributed by atoms with Crippen LogP contribution in [0.15, 0.2) is 35.3 Å². The van der Waals surface area contributed by atoms with E-state index in [-0.39, 0.29) is 6.61 Å². The van der Waals surface area contributed by atoms with Crippen LogP contribution in [-0.2, 0) is 16.1 Å². The fraction of sp³-hybridized carbons (Fsp3) is 0.357. The number of carbonyl (C=O) groups is 2. The van der Waals surface area contributed by atoms with Crippen molar-refractivity contribution < 1.29 is 14.3 Å². The summed E-state index contributed by atoms with van der Waals surface area (Å²) in [5.74, 6) is 0.127. The van der Waals surface area contributed by atoms with Gasteiger partial charge in [0.2, 0.25) is 5.91 Å². The van der Waals surface area contributed by atoms with Crippen molar-refractivity contribution in [3.05, 3.63) is 35.9 Å². The average Bonchev–Trinajstić information content (AvgIpc) is 2.79. The molecule has 0 saturated carbocycles. The maximum atomic E-state index is 11.6. The van der Waals surface area contributed by atoms with Gasteiger partial charge in [-0.25, -0.2) is 4.79 Å². The SMILES string of the molecule is CN1/C(=N/C(=O)OCc2ccccc2)CC[C@H]1C(N)=O. The molecule has 0 bridgehead atoms. The van der Waals surface area contributed by atoms with E-state index in [0.29, 0.717) is 18.7 Å². The highest BCUT2D eigenvalue weighted by molar-refractivity contribution is 5.97. The van der Waals surface area contributed by atoms with Gasteiger partial charge in [0.15, 0.2) is 0 Å². The number of hydrogen-bond acceptors (Lipinski definition) is 3. The first-order valence-corrected chi connectivity index (χ1v) is 6.38. The third-order valence-electron chi connectivity index (χ3n) is 3.27. The highest BCUT2D eigenvalue weighted by Crippen LogP contribution is 2.17. The number of rotatable bonds is 3. The fourth-order valence-corrected chi connectivity index (χ4v) is 2.14. The molecule has 0 unspecified atom stereocenters. The standard InChI is InChI=1S/C14H17N3O3/c1-17-11(13(15)18)7-8-12(17)16-14(19)20-9-10-5-3-2-4-6-10/h2-6,11H,7-9H2,1H3,(H2,15,18)/b16-12+/t11-/m0/s1. The molecule has 0 spiro atoms. The highest BCUT2D eigenvalue weighted by atomic mass is 16.5. The molecule has 1 aliphatic heterocycles. The first-order chi connectivity index (χ1) is 9.58. The Balaban J connectivity index is 1.91. The predicted octanol–water partition coefficient (Wildman–Crippen LogP) is 1.30. The van der Waals surface area contributed by atoms with Crippen LogP contribution in [0.2, 0.25) is 0 Å². The van der Waals surface area contributed by atoms with Crippen molar-refractivity contribution in [3.8, 4) is 0 Å². The van der Waals surface area contributed by atoms with E-state index in [0.717, 1.165) is 5.56 Å². The number of aliphatic imine (C=N–C) groups is 1. The monoisotopic (exact) mass is 275 g/mol. The van der Waals surface area contributed by atoms with Gasteiger partial charge in [0.05, 0.1) is 0 Å². The lowest BCUT2D eigenvalue weighted by Gasteiger charge is -2.18. The molecule has 6 heteroatoms. The quantitative estimate of drug-likeness (QED) is 0.901. The Bertz CT molecular complexity index is 528. The van der Waals surface area contributed by atoms with Crippen molar-refractivity contribution in [1.29, 1.82) is 0 Å². The normalized spacial score (nSPS) is 20.1. The van der Waals surface area contributed by atoms with Crippen molar-refractivity contribution >= 4 is 17.8 Å². The summed E-state index contributed by atoms with van der Waals surface area (Å²) in [5.41, 5.74) is 6.16. The number of primary amides is 1. The number of benzene rings is 1. The van der Waals surface area contributed by atoms with Gasteiger partial charge in [-0.05, 0) is 12.0 Å². The molecule has 1 aromatic carbocycles. The molecule has 1 heterocycles. The number of ether oxygens (including phenoxy) is 1. The molecule has 1 saturated heterocycles. The van der Waals surface area contributed by atoms with Crippen molar-refractivity contribution in [2.45, 2.75) is 25.5 Å². The molecule has 6 nitrogen and oxygen atoms in total. The van der Waals surface area contributed by atoms with Crippen molar-refractivity contribution in [1.82, 2.24) is 4.90 Å². The highest BCUT2D eigenvalue weighted by Gasteiger charge is 2.30. The summed E-state index contributed by atoms with van der Waals surface area (Å²) in [6.45, 7) is 0.180. The molecule has 0 aliphatic carbocycles. The number of nitrogens with zero attached hydrogens (tertiary/aromatic N) is 2. The number of hydrogen-bond donors (Lipinski definition) is 1. The molecule has 1 atom stereocenters. The smallest absolute Gasteiger partial charge is 0.435 e. The molecule has 0 radical (unpaired) electrons. The van der Waals surface area contributed by atoms with E-state index in [2.05, 4.69) is 4.99 Å². The maximum absolute atomic E-state index is 11.6. The minimum atomic E-state index is -0.652. The van der Waals surface area contributed by atoms with E-state index in [9.17, 15) is 9.59 Å². The summed E-state index contributed by atoms with van der Waals surface area (Å²) in [6.07, 6.45) is 0.474. The molecular formula is C14H17N3O3. The Labute approximate surface area is 117 Å². The Morgan fingerprint density at radius 1 is 1.40 bits per heavy atom. The van der Waals surface area contributed by atoms with Gasteiger partial charge in [-0.3, -0.25) is 4.79 Å². The summed E-state index contributed by atoms with van der Waals surface area (Å²) in [6, 6.07) is 8.98. The van der Waals surface area contributed by atoms with Crippen molar-refractivity contribution in [3.63, 3.8) is 0 Å². The van der Waals surface area contributed by atoms with Gasteiger partial charge < -0.3 is 15.4 Å². The third kappa shape index (κ3) is 3.34. The topological polar surface area (TPSA) is 85.0 Å². The second-order valence-electron chi connectivity index (χ2n) is 4.64. The predicted molar refractivity (Wildman–Crippen MR) is 74.0 cm³/mol. The van der Waals surface area contributed by atoms with Gasteiger partial charge in [-0.15, -0.1) is 0 Å². The average molecular weight is 275 g/mol. The van der Waals surface area contributed by atoms with E-state index < -0.39 is 18.0 Å². The number of carbonyl (C=O) groups excluding carboxylic acids is 2. The summed E-state index contributed by atoms with van der Waals surface area (Å²) in [7, 11) is 1.70. The van der Waals surface area contributed by atoms with E-state index in [4.69, 9.17) is 10.5 Å². The maximum Gasteiger partial charge on any atom is 0.435 e. The van der Waals surface area contributed by atoms with Crippen LogP contribution in [0.5, 0.6) is 0 Å². The molecule has 2 amide bonds. The zero-order valence-electron chi connectivity index (χ0n) is 11.3. The number of nitrogens with two attached hydrogens (primary N) is 1. The van der Waals surface area contributed by atoms with E-state index in [1.54, 1.807) is 11.9 Å². The molecule has 2 N–H and O–H groups in total. The lowest BCUT2D eigenvalue weighted by Crippen LogP contribution is -2.39. The van der Waals surface area contributed by atoms with Gasteiger partial charge in [-0.1, -0.05) is 30.3 Å². The molecule has 1 fully saturated rings. The number of likely N-dealkylation sites (tertiary alicyclic amines) is 1. The van der Waals surface area contributed by atoms with Gasteiger partial charge in [-0.2, -0.15) is 4.99 Å². The van der Waals surface area contributed by atoms with Crippen LogP contribution in [0.25, 0.3) is 0 Å². The summed E-state index contributed by atoms with van der Waals surface area (Å²) in [5, 5.41) is 0. The first kappa shape index (κ1) is 14.0. The third-order valence-corrected chi connectivity index (χ3v) is 3.27. The van der Waals surface area contributed by atoms with Crippen LogP contribution in [-0.4, -0.2) is 35.8 Å². The van der Waals surface area contributed by atoms with Crippen LogP contribution in [0.1, 0.15) is 18.4 Å². The molecule has 0 aromatic heterocycles. The van der Waals surface area contributed by atoms with Crippen LogP contribution < -0.4 is 5.73 Å². The molecule has 106 valence electrons. The first-order valence-electron chi connectivity index (χ1n) is 6.38.